The molecule has 1 aromatic carbocycles. The Kier molecular flexibility index (Phi) is 5.99. The van der Waals surface area contributed by atoms with Gasteiger partial charge in [0.15, 0.2) is 11.5 Å². The fourth-order valence-electron chi connectivity index (χ4n) is 2.44. The van der Waals surface area contributed by atoms with Crippen LogP contribution >= 0.6 is 0 Å². The first-order chi connectivity index (χ1) is 8.67. The van der Waals surface area contributed by atoms with Gasteiger partial charge in [0, 0.05) is 0 Å². The van der Waals surface area contributed by atoms with Crippen molar-refractivity contribution in [1.82, 2.24) is 0 Å². The second-order valence-electron chi connectivity index (χ2n) is 4.72. The first-order valence-electron chi connectivity index (χ1n) is 6.59. The minimum atomic E-state index is 0.379. The van der Waals surface area contributed by atoms with Crippen LogP contribution in [0, 0.1) is 5.92 Å². The zero-order valence-electron chi connectivity index (χ0n) is 11.9. The molecule has 0 heterocycles. The van der Waals surface area contributed by atoms with Gasteiger partial charge in [0.1, 0.15) is 0 Å². The summed E-state index contributed by atoms with van der Waals surface area (Å²) >= 11 is 0. The van der Waals surface area contributed by atoms with Gasteiger partial charge in [-0.25, -0.2) is 0 Å². The predicted octanol–water partition coefficient (Wildman–Crippen LogP) is 3.18. The average molecular weight is 251 g/mol. The molecule has 0 spiro atoms. The first-order valence-corrected chi connectivity index (χ1v) is 6.59. The Bertz CT molecular complexity index is 366. The van der Waals surface area contributed by atoms with E-state index in [9.17, 15) is 0 Å². The van der Waals surface area contributed by atoms with Crippen molar-refractivity contribution in [2.24, 2.45) is 11.7 Å². The van der Waals surface area contributed by atoms with E-state index in [4.69, 9.17) is 15.2 Å². The Labute approximate surface area is 110 Å². The number of methoxy groups -OCH3 is 2. The van der Waals surface area contributed by atoms with E-state index in [2.05, 4.69) is 19.9 Å². The van der Waals surface area contributed by atoms with E-state index in [0.29, 0.717) is 18.4 Å². The monoisotopic (exact) mass is 251 g/mol. The maximum Gasteiger partial charge on any atom is 0.160 e. The van der Waals surface area contributed by atoms with Crippen molar-refractivity contribution >= 4 is 0 Å². The summed E-state index contributed by atoms with van der Waals surface area (Å²) in [5, 5.41) is 0. The summed E-state index contributed by atoms with van der Waals surface area (Å²) < 4.78 is 10.6. The standard InChI is InChI=1S/C15H25NO2/c1-5-6-11(2)13(10-16)12-7-8-14(17-3)15(9-12)18-4/h7-9,11,13H,5-6,10,16H2,1-4H3. The molecule has 0 aliphatic heterocycles. The molecule has 0 aromatic heterocycles. The van der Waals surface area contributed by atoms with Crippen LogP contribution in [0.3, 0.4) is 0 Å². The lowest BCUT2D eigenvalue weighted by atomic mass is 9.84. The van der Waals surface area contributed by atoms with Crippen molar-refractivity contribution in [3.05, 3.63) is 23.8 Å². The largest absolute Gasteiger partial charge is 0.493 e. The highest BCUT2D eigenvalue weighted by Gasteiger charge is 2.18. The van der Waals surface area contributed by atoms with Gasteiger partial charge in [0.05, 0.1) is 14.2 Å². The number of benzene rings is 1. The van der Waals surface area contributed by atoms with Gasteiger partial charge in [0.2, 0.25) is 0 Å². The summed E-state index contributed by atoms with van der Waals surface area (Å²) in [7, 11) is 3.31. The van der Waals surface area contributed by atoms with Gasteiger partial charge >= 0.3 is 0 Å². The van der Waals surface area contributed by atoms with E-state index < -0.39 is 0 Å². The number of ether oxygens (including phenoxy) is 2. The van der Waals surface area contributed by atoms with E-state index in [1.54, 1.807) is 14.2 Å². The maximum absolute atomic E-state index is 5.93. The molecule has 0 saturated carbocycles. The normalized spacial score (nSPS) is 14.1. The van der Waals surface area contributed by atoms with Gasteiger partial charge in [-0.1, -0.05) is 32.8 Å². The van der Waals surface area contributed by atoms with Crippen LogP contribution in [0.4, 0.5) is 0 Å². The van der Waals surface area contributed by atoms with Gasteiger partial charge < -0.3 is 15.2 Å². The minimum absolute atomic E-state index is 0.379. The van der Waals surface area contributed by atoms with Crippen LogP contribution in [0.2, 0.25) is 0 Å². The lowest BCUT2D eigenvalue weighted by Crippen LogP contribution is -2.19. The quantitative estimate of drug-likeness (QED) is 0.809. The molecule has 0 bridgehead atoms. The third-order valence-corrected chi connectivity index (χ3v) is 3.52. The average Bonchev–Trinajstić information content (AvgIpc) is 2.39. The zero-order valence-corrected chi connectivity index (χ0v) is 11.9. The number of nitrogens with two attached hydrogens (primary N) is 1. The third kappa shape index (κ3) is 3.39. The van der Waals surface area contributed by atoms with Crippen molar-refractivity contribution in [3.8, 4) is 11.5 Å². The molecule has 0 saturated heterocycles. The summed E-state index contributed by atoms with van der Waals surface area (Å²) in [4.78, 5) is 0. The molecule has 0 radical (unpaired) electrons. The van der Waals surface area contributed by atoms with E-state index in [1.165, 1.54) is 18.4 Å². The number of rotatable bonds is 7. The van der Waals surface area contributed by atoms with E-state index >= 15 is 0 Å². The van der Waals surface area contributed by atoms with Crippen molar-refractivity contribution < 1.29 is 9.47 Å². The van der Waals surface area contributed by atoms with Crippen LogP contribution in [-0.4, -0.2) is 20.8 Å². The van der Waals surface area contributed by atoms with E-state index in [1.807, 2.05) is 12.1 Å². The van der Waals surface area contributed by atoms with Gasteiger partial charge in [0.25, 0.3) is 0 Å². The highest BCUT2D eigenvalue weighted by atomic mass is 16.5. The van der Waals surface area contributed by atoms with Crippen molar-refractivity contribution in [2.45, 2.75) is 32.6 Å². The summed E-state index contributed by atoms with van der Waals surface area (Å²) in [6, 6.07) is 6.09. The fourth-order valence-corrected chi connectivity index (χ4v) is 2.44. The number of hydrogen-bond donors (Lipinski definition) is 1. The zero-order chi connectivity index (χ0) is 13.5. The Hall–Kier alpha value is -1.22. The van der Waals surface area contributed by atoms with Gasteiger partial charge in [-0.3, -0.25) is 0 Å². The summed E-state index contributed by atoms with van der Waals surface area (Å²) in [6.45, 7) is 5.13. The predicted molar refractivity (Wildman–Crippen MR) is 75.4 cm³/mol. The molecule has 0 fully saturated rings. The lowest BCUT2D eigenvalue weighted by molar-refractivity contribution is 0.353. The molecule has 18 heavy (non-hydrogen) atoms. The Morgan fingerprint density at radius 3 is 2.33 bits per heavy atom. The molecule has 1 aromatic rings. The lowest BCUT2D eigenvalue weighted by Gasteiger charge is -2.23. The Balaban J connectivity index is 2.99. The third-order valence-electron chi connectivity index (χ3n) is 3.52. The SMILES string of the molecule is CCCC(C)C(CN)c1ccc(OC)c(OC)c1. The molecule has 3 nitrogen and oxygen atoms in total. The van der Waals surface area contributed by atoms with E-state index in [0.717, 1.165) is 11.5 Å². The molecule has 3 heteroatoms. The molecular formula is C15H25NO2. The van der Waals surface area contributed by atoms with Crippen molar-refractivity contribution in [1.29, 1.82) is 0 Å². The Morgan fingerprint density at radius 1 is 1.17 bits per heavy atom. The van der Waals surface area contributed by atoms with Gasteiger partial charge in [-0.05, 0) is 36.1 Å². The molecular weight excluding hydrogens is 226 g/mol. The fraction of sp³-hybridized carbons (Fsp3) is 0.600. The first kappa shape index (κ1) is 14.8. The van der Waals surface area contributed by atoms with Gasteiger partial charge in [-0.15, -0.1) is 0 Å². The van der Waals surface area contributed by atoms with Crippen LogP contribution in [0.25, 0.3) is 0 Å². The van der Waals surface area contributed by atoms with E-state index in [-0.39, 0.29) is 0 Å². The molecule has 2 unspecified atom stereocenters. The van der Waals surface area contributed by atoms with Crippen LogP contribution in [0.15, 0.2) is 18.2 Å². The number of hydrogen-bond acceptors (Lipinski definition) is 3. The summed E-state index contributed by atoms with van der Waals surface area (Å²) in [5.41, 5.74) is 7.16. The van der Waals surface area contributed by atoms with Crippen LogP contribution in [0.5, 0.6) is 11.5 Å². The molecule has 2 N–H and O–H groups in total. The molecule has 0 amide bonds. The van der Waals surface area contributed by atoms with Crippen LogP contribution in [-0.2, 0) is 0 Å². The molecule has 102 valence electrons. The molecule has 1 rings (SSSR count). The Morgan fingerprint density at radius 2 is 1.83 bits per heavy atom. The molecule has 0 aliphatic rings. The summed E-state index contributed by atoms with van der Waals surface area (Å²) in [5.74, 6) is 2.50. The highest BCUT2D eigenvalue weighted by molar-refractivity contribution is 5.44. The molecule has 2 atom stereocenters. The summed E-state index contributed by atoms with van der Waals surface area (Å²) in [6.07, 6.45) is 2.38. The smallest absolute Gasteiger partial charge is 0.160 e. The molecule has 0 aliphatic carbocycles. The minimum Gasteiger partial charge on any atom is -0.493 e. The van der Waals surface area contributed by atoms with Gasteiger partial charge in [-0.2, -0.15) is 0 Å². The van der Waals surface area contributed by atoms with Crippen LogP contribution in [0.1, 0.15) is 38.2 Å². The van der Waals surface area contributed by atoms with Crippen molar-refractivity contribution in [3.63, 3.8) is 0 Å². The topological polar surface area (TPSA) is 44.5 Å². The highest BCUT2D eigenvalue weighted by Crippen LogP contribution is 2.34. The van der Waals surface area contributed by atoms with Crippen LogP contribution < -0.4 is 15.2 Å². The van der Waals surface area contributed by atoms with Crippen molar-refractivity contribution in [2.75, 3.05) is 20.8 Å². The second kappa shape index (κ2) is 7.27. The maximum atomic E-state index is 5.93. The second-order valence-corrected chi connectivity index (χ2v) is 4.72.